The lowest BCUT2D eigenvalue weighted by Crippen LogP contribution is -2.72. The number of carboxylic acids is 3. The standard InChI is InChI=1S/C28H51NO6/c1-5-9-10-11-12-13-14-15-16-17-18-19-20-21-22-29(23(6-2)26(30)31,24(7-3)27(32)33)25(8-4)28(34)35/h13-14,23-25H,5-12,15-22H2,1-4H3,(H2-,30,31,32,33,34,35)/p+1/b14-13+. The second kappa shape index (κ2) is 19.3. The summed E-state index contributed by atoms with van der Waals surface area (Å²) in [5.74, 6) is -3.36. The average molecular weight is 499 g/mol. The van der Waals surface area contributed by atoms with E-state index >= 15 is 0 Å². The number of carboxylic acid groups (broad SMARTS) is 3. The molecule has 0 aliphatic rings. The molecular weight excluding hydrogens is 446 g/mol. The van der Waals surface area contributed by atoms with E-state index in [9.17, 15) is 29.7 Å². The van der Waals surface area contributed by atoms with Crippen molar-refractivity contribution >= 4 is 17.9 Å². The predicted octanol–water partition coefficient (Wildman–Crippen LogP) is 6.65. The SMILES string of the molecule is CCCCCC/C=C/CCCCCCCC[N+](C(CC)C(=O)O)(C(CC)C(=O)O)C(CC)C(=O)O. The Bertz CT molecular complexity index is 578. The normalized spacial score (nSPS) is 16.0. The summed E-state index contributed by atoms with van der Waals surface area (Å²) in [7, 11) is 0. The molecule has 7 heteroatoms. The van der Waals surface area contributed by atoms with E-state index in [0.717, 1.165) is 38.5 Å². The first kappa shape index (κ1) is 33.1. The van der Waals surface area contributed by atoms with Gasteiger partial charge in [-0.2, -0.15) is 0 Å². The Hall–Kier alpha value is -1.89. The first-order valence-electron chi connectivity index (χ1n) is 13.9. The van der Waals surface area contributed by atoms with Crippen LogP contribution in [0.25, 0.3) is 0 Å². The monoisotopic (exact) mass is 498 g/mol. The Morgan fingerprint density at radius 3 is 1.26 bits per heavy atom. The smallest absolute Gasteiger partial charge is 0.362 e. The summed E-state index contributed by atoms with van der Waals surface area (Å²) in [5.41, 5.74) is 0. The quantitative estimate of drug-likeness (QED) is 0.0826. The van der Waals surface area contributed by atoms with Gasteiger partial charge >= 0.3 is 17.9 Å². The van der Waals surface area contributed by atoms with Gasteiger partial charge in [0, 0.05) is 19.3 Å². The zero-order chi connectivity index (χ0) is 26.7. The number of rotatable bonds is 23. The fourth-order valence-corrected chi connectivity index (χ4v) is 5.56. The Kier molecular flexibility index (Phi) is 18.3. The third-order valence-electron chi connectivity index (χ3n) is 7.31. The molecule has 0 aromatic heterocycles. The van der Waals surface area contributed by atoms with Gasteiger partial charge in [0.15, 0.2) is 18.1 Å². The van der Waals surface area contributed by atoms with E-state index < -0.39 is 40.5 Å². The summed E-state index contributed by atoms with van der Waals surface area (Å²) >= 11 is 0. The van der Waals surface area contributed by atoms with Crippen molar-refractivity contribution in [2.24, 2.45) is 0 Å². The molecule has 0 rings (SSSR count). The van der Waals surface area contributed by atoms with Crippen molar-refractivity contribution in [3.63, 3.8) is 0 Å². The number of unbranched alkanes of at least 4 members (excludes halogenated alkanes) is 10. The minimum Gasteiger partial charge on any atom is -0.477 e. The molecule has 0 aliphatic carbocycles. The number of carbonyl (C=O) groups is 3. The molecule has 0 aromatic rings. The molecule has 0 saturated carbocycles. The first-order chi connectivity index (χ1) is 16.7. The van der Waals surface area contributed by atoms with Crippen LogP contribution in [0.5, 0.6) is 0 Å². The Morgan fingerprint density at radius 2 is 0.914 bits per heavy atom. The molecule has 3 atom stereocenters. The van der Waals surface area contributed by atoms with Gasteiger partial charge in [-0.25, -0.2) is 14.4 Å². The van der Waals surface area contributed by atoms with Gasteiger partial charge in [0.2, 0.25) is 0 Å². The van der Waals surface area contributed by atoms with Gasteiger partial charge in [-0.1, -0.05) is 78.4 Å². The molecule has 0 aromatic carbocycles. The number of quaternary nitrogens is 1. The molecule has 0 bridgehead atoms. The summed E-state index contributed by atoms with van der Waals surface area (Å²) in [6.07, 6.45) is 18.4. The summed E-state index contributed by atoms with van der Waals surface area (Å²) in [6, 6.07) is -3.19. The van der Waals surface area contributed by atoms with Crippen LogP contribution in [0.3, 0.4) is 0 Å². The van der Waals surface area contributed by atoms with Crippen LogP contribution in [0.4, 0.5) is 0 Å². The Labute approximate surface area is 213 Å². The van der Waals surface area contributed by atoms with Gasteiger partial charge in [0.1, 0.15) is 0 Å². The van der Waals surface area contributed by atoms with Crippen molar-refractivity contribution in [3.05, 3.63) is 12.2 Å². The maximum Gasteiger partial charge on any atom is 0.362 e. The fourth-order valence-electron chi connectivity index (χ4n) is 5.56. The highest BCUT2D eigenvalue weighted by atomic mass is 16.4. The van der Waals surface area contributed by atoms with E-state index in [0.29, 0.717) is 6.42 Å². The molecule has 0 spiro atoms. The van der Waals surface area contributed by atoms with Crippen molar-refractivity contribution in [2.45, 2.75) is 142 Å². The highest BCUT2D eigenvalue weighted by Gasteiger charge is 2.55. The number of nitrogens with zero attached hydrogens (tertiary/aromatic N) is 1. The van der Waals surface area contributed by atoms with Crippen LogP contribution in [0.1, 0.15) is 124 Å². The van der Waals surface area contributed by atoms with Crippen LogP contribution in [0, 0.1) is 0 Å². The molecule has 0 aliphatic heterocycles. The maximum atomic E-state index is 12.2. The molecule has 3 N–H and O–H groups in total. The summed E-state index contributed by atoms with van der Waals surface area (Å²) in [4.78, 5) is 36.6. The molecular formula is C28H52NO6+. The average Bonchev–Trinajstić information content (AvgIpc) is 2.79. The van der Waals surface area contributed by atoms with E-state index in [-0.39, 0.29) is 25.8 Å². The third-order valence-corrected chi connectivity index (χ3v) is 7.31. The zero-order valence-corrected chi connectivity index (χ0v) is 22.7. The van der Waals surface area contributed by atoms with E-state index in [1.54, 1.807) is 20.8 Å². The van der Waals surface area contributed by atoms with Crippen molar-refractivity contribution in [2.75, 3.05) is 6.54 Å². The zero-order valence-electron chi connectivity index (χ0n) is 22.7. The number of allylic oxidation sites excluding steroid dienone is 2. The van der Waals surface area contributed by atoms with Crippen molar-refractivity contribution < 1.29 is 34.2 Å². The first-order valence-corrected chi connectivity index (χ1v) is 13.9. The van der Waals surface area contributed by atoms with E-state index in [4.69, 9.17) is 0 Å². The second-order valence-corrected chi connectivity index (χ2v) is 9.74. The van der Waals surface area contributed by atoms with E-state index in [2.05, 4.69) is 19.1 Å². The van der Waals surface area contributed by atoms with Crippen LogP contribution < -0.4 is 0 Å². The Morgan fingerprint density at radius 1 is 0.571 bits per heavy atom. The number of hydrogen-bond donors (Lipinski definition) is 3. The lowest BCUT2D eigenvalue weighted by atomic mass is 9.93. The molecule has 7 nitrogen and oxygen atoms in total. The summed E-state index contributed by atoms with van der Waals surface area (Å²) < 4.78 is -0.410. The lowest BCUT2D eigenvalue weighted by Gasteiger charge is -2.49. The molecule has 204 valence electrons. The molecule has 0 radical (unpaired) electrons. The van der Waals surface area contributed by atoms with E-state index in [1.165, 1.54) is 32.1 Å². The van der Waals surface area contributed by atoms with Crippen LogP contribution in [0.2, 0.25) is 0 Å². The highest BCUT2D eigenvalue weighted by Crippen LogP contribution is 2.32. The topological polar surface area (TPSA) is 112 Å². The van der Waals surface area contributed by atoms with Crippen LogP contribution in [0.15, 0.2) is 12.2 Å². The summed E-state index contributed by atoms with van der Waals surface area (Å²) in [6.45, 7) is 7.58. The molecule has 0 saturated heterocycles. The van der Waals surface area contributed by atoms with Gasteiger partial charge in [0.05, 0.1) is 6.54 Å². The number of hydrogen-bond acceptors (Lipinski definition) is 3. The maximum absolute atomic E-state index is 12.2. The molecule has 3 unspecified atom stereocenters. The number of aliphatic carboxylic acids is 3. The van der Waals surface area contributed by atoms with Crippen LogP contribution in [-0.2, 0) is 14.4 Å². The predicted molar refractivity (Wildman–Crippen MR) is 140 cm³/mol. The van der Waals surface area contributed by atoms with Gasteiger partial charge in [-0.15, -0.1) is 0 Å². The molecule has 35 heavy (non-hydrogen) atoms. The minimum absolute atomic E-state index is 0.189. The largest absolute Gasteiger partial charge is 0.477 e. The van der Waals surface area contributed by atoms with Crippen molar-refractivity contribution in [3.8, 4) is 0 Å². The van der Waals surface area contributed by atoms with Crippen molar-refractivity contribution in [1.29, 1.82) is 0 Å². The lowest BCUT2D eigenvalue weighted by molar-refractivity contribution is -0.973. The highest BCUT2D eigenvalue weighted by molar-refractivity contribution is 5.78. The van der Waals surface area contributed by atoms with Gasteiger partial charge in [0.25, 0.3) is 0 Å². The summed E-state index contributed by atoms with van der Waals surface area (Å²) in [5, 5.41) is 29.9. The van der Waals surface area contributed by atoms with E-state index in [1.807, 2.05) is 0 Å². The van der Waals surface area contributed by atoms with Gasteiger partial charge < -0.3 is 15.3 Å². The van der Waals surface area contributed by atoms with Crippen LogP contribution in [-0.4, -0.2) is 62.4 Å². The third kappa shape index (κ3) is 11.1. The second-order valence-electron chi connectivity index (χ2n) is 9.74. The Balaban J connectivity index is 4.99. The molecule has 0 amide bonds. The van der Waals surface area contributed by atoms with Gasteiger partial charge in [-0.05, 0) is 38.5 Å². The minimum atomic E-state index is -1.12. The molecule has 0 fully saturated rings. The van der Waals surface area contributed by atoms with Crippen molar-refractivity contribution in [1.82, 2.24) is 0 Å². The fraction of sp³-hybridized carbons (Fsp3) is 0.821. The van der Waals surface area contributed by atoms with Gasteiger partial charge in [-0.3, -0.25) is 4.48 Å². The molecule has 0 heterocycles. The van der Waals surface area contributed by atoms with Crippen LogP contribution >= 0.6 is 0 Å².